The molecule has 138 valence electrons. The van der Waals surface area contributed by atoms with E-state index in [0.29, 0.717) is 5.82 Å². The van der Waals surface area contributed by atoms with Gasteiger partial charge >= 0.3 is 0 Å². The second kappa shape index (κ2) is 6.58. The minimum Gasteiger partial charge on any atom is -0.497 e. The predicted molar refractivity (Wildman–Crippen MR) is 108 cm³/mol. The van der Waals surface area contributed by atoms with Crippen molar-refractivity contribution in [2.75, 3.05) is 7.11 Å². The largest absolute Gasteiger partial charge is 0.497 e. The Morgan fingerprint density at radius 3 is 2.68 bits per heavy atom. The normalized spacial score (nSPS) is 11.2. The third-order valence-electron chi connectivity index (χ3n) is 4.47. The van der Waals surface area contributed by atoms with Crippen LogP contribution in [0.1, 0.15) is 5.56 Å². The SMILES string of the molecule is COc1cccc(-c2nn3c(-c4cc(-c5ccc(C)cc5)n[nH]4)nnc3s2)c1. The number of nitrogens with zero attached hydrogens (tertiary/aromatic N) is 5. The molecular weight excluding hydrogens is 372 g/mol. The van der Waals surface area contributed by atoms with Gasteiger partial charge in [0, 0.05) is 11.1 Å². The first kappa shape index (κ1) is 16.6. The van der Waals surface area contributed by atoms with Crippen LogP contribution in [-0.4, -0.2) is 37.1 Å². The van der Waals surface area contributed by atoms with Crippen LogP contribution in [0.3, 0.4) is 0 Å². The lowest BCUT2D eigenvalue weighted by molar-refractivity contribution is 0.415. The van der Waals surface area contributed by atoms with Crippen LogP contribution in [-0.2, 0) is 0 Å². The quantitative estimate of drug-likeness (QED) is 0.498. The Hall–Kier alpha value is -3.52. The molecule has 0 saturated carbocycles. The van der Waals surface area contributed by atoms with Crippen LogP contribution in [0.25, 0.3) is 38.3 Å². The number of hydrogen-bond donors (Lipinski definition) is 1. The molecule has 0 aliphatic carbocycles. The average molecular weight is 388 g/mol. The van der Waals surface area contributed by atoms with Crippen LogP contribution in [0.2, 0.25) is 0 Å². The van der Waals surface area contributed by atoms with E-state index in [4.69, 9.17) is 9.84 Å². The fraction of sp³-hybridized carbons (Fsp3) is 0.100. The maximum Gasteiger partial charge on any atom is 0.235 e. The zero-order valence-electron chi connectivity index (χ0n) is 15.2. The van der Waals surface area contributed by atoms with Crippen LogP contribution >= 0.6 is 11.3 Å². The van der Waals surface area contributed by atoms with E-state index in [1.807, 2.05) is 30.3 Å². The highest BCUT2D eigenvalue weighted by Gasteiger charge is 2.17. The summed E-state index contributed by atoms with van der Waals surface area (Å²) >= 11 is 1.48. The van der Waals surface area contributed by atoms with Crippen molar-refractivity contribution in [3.8, 4) is 39.1 Å². The maximum atomic E-state index is 5.31. The Morgan fingerprint density at radius 1 is 1.00 bits per heavy atom. The Balaban J connectivity index is 1.53. The van der Waals surface area contributed by atoms with E-state index in [2.05, 4.69) is 51.6 Å². The smallest absolute Gasteiger partial charge is 0.235 e. The molecule has 0 aliphatic rings. The van der Waals surface area contributed by atoms with E-state index < -0.39 is 0 Å². The number of fused-ring (bicyclic) bond motifs is 1. The van der Waals surface area contributed by atoms with Gasteiger partial charge in [-0.25, -0.2) is 0 Å². The summed E-state index contributed by atoms with van der Waals surface area (Å²) < 4.78 is 7.05. The molecule has 0 amide bonds. The van der Waals surface area contributed by atoms with Gasteiger partial charge in [-0.1, -0.05) is 53.3 Å². The molecule has 5 rings (SSSR count). The van der Waals surface area contributed by atoms with Crippen molar-refractivity contribution in [1.29, 1.82) is 0 Å². The highest BCUT2D eigenvalue weighted by atomic mass is 32.1. The molecule has 0 radical (unpaired) electrons. The fourth-order valence-electron chi connectivity index (χ4n) is 2.97. The van der Waals surface area contributed by atoms with Gasteiger partial charge < -0.3 is 4.74 Å². The summed E-state index contributed by atoms with van der Waals surface area (Å²) in [6.45, 7) is 2.06. The lowest BCUT2D eigenvalue weighted by Gasteiger charge is -2.00. The van der Waals surface area contributed by atoms with Gasteiger partial charge in [0.25, 0.3) is 0 Å². The summed E-state index contributed by atoms with van der Waals surface area (Å²) in [6, 6.07) is 18.0. The summed E-state index contributed by atoms with van der Waals surface area (Å²) in [5.74, 6) is 1.42. The number of aromatic amines is 1. The van der Waals surface area contributed by atoms with Crippen LogP contribution in [0.5, 0.6) is 5.75 Å². The first-order valence-corrected chi connectivity index (χ1v) is 9.52. The number of hydrogen-bond acceptors (Lipinski definition) is 6. The predicted octanol–water partition coefficient (Wildman–Crippen LogP) is 4.23. The molecule has 0 saturated heterocycles. The van der Waals surface area contributed by atoms with E-state index in [0.717, 1.165) is 38.2 Å². The number of ether oxygens (including phenoxy) is 1. The minimum atomic E-state index is 0.631. The topological polar surface area (TPSA) is 81.0 Å². The number of benzene rings is 2. The molecule has 0 atom stereocenters. The molecule has 0 fully saturated rings. The number of nitrogens with one attached hydrogen (secondary N) is 1. The number of methoxy groups -OCH3 is 1. The van der Waals surface area contributed by atoms with Crippen molar-refractivity contribution in [3.63, 3.8) is 0 Å². The van der Waals surface area contributed by atoms with E-state index in [9.17, 15) is 0 Å². The van der Waals surface area contributed by atoms with Crippen molar-refractivity contribution in [2.24, 2.45) is 0 Å². The summed E-state index contributed by atoms with van der Waals surface area (Å²) in [7, 11) is 1.65. The molecule has 28 heavy (non-hydrogen) atoms. The highest BCUT2D eigenvalue weighted by molar-refractivity contribution is 7.19. The van der Waals surface area contributed by atoms with E-state index in [1.165, 1.54) is 16.9 Å². The number of aromatic nitrogens is 6. The molecule has 0 spiro atoms. The third kappa shape index (κ3) is 2.84. The van der Waals surface area contributed by atoms with Crippen molar-refractivity contribution < 1.29 is 4.74 Å². The second-order valence-electron chi connectivity index (χ2n) is 6.39. The van der Waals surface area contributed by atoms with Crippen molar-refractivity contribution in [3.05, 3.63) is 60.2 Å². The molecule has 3 aromatic heterocycles. The van der Waals surface area contributed by atoms with Gasteiger partial charge in [-0.3, -0.25) is 5.10 Å². The van der Waals surface area contributed by atoms with Gasteiger partial charge in [0.15, 0.2) is 0 Å². The molecule has 0 unspecified atom stereocenters. The van der Waals surface area contributed by atoms with Crippen molar-refractivity contribution in [1.82, 2.24) is 30.0 Å². The van der Waals surface area contributed by atoms with Crippen LogP contribution in [0.4, 0.5) is 0 Å². The van der Waals surface area contributed by atoms with Gasteiger partial charge in [-0.05, 0) is 25.1 Å². The lowest BCUT2D eigenvalue weighted by atomic mass is 10.1. The van der Waals surface area contributed by atoms with Gasteiger partial charge in [0.2, 0.25) is 10.8 Å². The monoisotopic (exact) mass is 388 g/mol. The summed E-state index contributed by atoms with van der Waals surface area (Å²) in [5, 5.41) is 21.6. The Labute approximate surface area is 164 Å². The van der Waals surface area contributed by atoms with Crippen LogP contribution in [0.15, 0.2) is 54.6 Å². The zero-order valence-corrected chi connectivity index (χ0v) is 16.1. The molecule has 5 aromatic rings. The van der Waals surface area contributed by atoms with Gasteiger partial charge in [-0.2, -0.15) is 14.7 Å². The van der Waals surface area contributed by atoms with E-state index >= 15 is 0 Å². The fourth-order valence-corrected chi connectivity index (χ4v) is 3.80. The molecule has 1 N–H and O–H groups in total. The summed E-state index contributed by atoms with van der Waals surface area (Å²) in [6.07, 6.45) is 0. The molecule has 0 aliphatic heterocycles. The summed E-state index contributed by atoms with van der Waals surface area (Å²) in [4.78, 5) is 0.722. The van der Waals surface area contributed by atoms with E-state index in [1.54, 1.807) is 11.6 Å². The molecule has 2 aromatic carbocycles. The zero-order chi connectivity index (χ0) is 19.1. The molecule has 8 heteroatoms. The van der Waals surface area contributed by atoms with Crippen molar-refractivity contribution >= 4 is 16.3 Å². The number of rotatable bonds is 4. The minimum absolute atomic E-state index is 0.631. The Bertz CT molecular complexity index is 1270. The molecule has 0 bridgehead atoms. The maximum absolute atomic E-state index is 5.31. The standard InChI is InChI=1S/C20H16N6OS/c1-12-6-8-13(9-7-12)16-11-17(22-21-16)18-23-24-20-26(18)25-19(28-20)14-4-3-5-15(10-14)27-2/h3-11H,1-2H3,(H,21,22). The van der Waals surface area contributed by atoms with E-state index in [-0.39, 0.29) is 0 Å². The van der Waals surface area contributed by atoms with Crippen LogP contribution in [0, 0.1) is 6.92 Å². The average Bonchev–Trinajstić information content (AvgIpc) is 3.44. The Morgan fingerprint density at radius 2 is 1.86 bits per heavy atom. The van der Waals surface area contributed by atoms with Crippen LogP contribution < -0.4 is 4.74 Å². The third-order valence-corrected chi connectivity index (χ3v) is 5.42. The first-order chi connectivity index (χ1) is 13.7. The molecule has 3 heterocycles. The first-order valence-electron chi connectivity index (χ1n) is 8.71. The Kier molecular flexibility index (Phi) is 3.91. The second-order valence-corrected chi connectivity index (χ2v) is 7.35. The summed E-state index contributed by atoms with van der Waals surface area (Å²) in [5.41, 5.74) is 4.86. The van der Waals surface area contributed by atoms with Gasteiger partial charge in [-0.15, -0.1) is 10.2 Å². The van der Waals surface area contributed by atoms with Gasteiger partial charge in [0.05, 0.1) is 12.8 Å². The number of H-pyrrole nitrogens is 1. The molecule has 7 nitrogen and oxygen atoms in total. The molecular formula is C20H16N6OS. The van der Waals surface area contributed by atoms with Gasteiger partial charge in [0.1, 0.15) is 16.5 Å². The lowest BCUT2D eigenvalue weighted by Crippen LogP contribution is -1.91. The highest BCUT2D eigenvalue weighted by Crippen LogP contribution is 2.30. The number of aryl methyl sites for hydroxylation is 1. The van der Waals surface area contributed by atoms with Crippen molar-refractivity contribution in [2.45, 2.75) is 6.92 Å².